The zero-order valence-electron chi connectivity index (χ0n) is 20.9. The molecule has 2 aliphatic rings. The third kappa shape index (κ3) is 3.90. The molecular formula is C30H31N3O4. The quantitative estimate of drug-likeness (QED) is 0.295. The van der Waals surface area contributed by atoms with E-state index in [0.717, 1.165) is 54.0 Å². The number of nitrogens with one attached hydrogen (secondary N) is 1. The maximum absolute atomic E-state index is 12.6. The maximum atomic E-state index is 12.6. The van der Waals surface area contributed by atoms with Crippen molar-refractivity contribution in [3.8, 4) is 5.75 Å². The van der Waals surface area contributed by atoms with Crippen LogP contribution in [0.3, 0.4) is 0 Å². The fourth-order valence-corrected chi connectivity index (χ4v) is 6.66. The fraction of sp³-hybridized carbons (Fsp3) is 0.333. The van der Waals surface area contributed by atoms with E-state index in [1.54, 1.807) is 19.2 Å². The Morgan fingerprint density at radius 2 is 1.89 bits per heavy atom. The molecule has 0 bridgehead atoms. The lowest BCUT2D eigenvalue weighted by atomic mass is 9.56. The van der Waals surface area contributed by atoms with Crippen LogP contribution in [-0.2, 0) is 24.7 Å². The molecule has 1 fully saturated rings. The summed E-state index contributed by atoms with van der Waals surface area (Å²) in [6.07, 6.45) is 2.63. The fourth-order valence-electron chi connectivity index (χ4n) is 6.66. The number of piperidine rings is 1. The summed E-state index contributed by atoms with van der Waals surface area (Å²) in [5.41, 5.74) is 3.39. The summed E-state index contributed by atoms with van der Waals surface area (Å²) in [5, 5.41) is 25.1. The first-order valence-electron chi connectivity index (χ1n) is 12.8. The minimum Gasteiger partial charge on any atom is -0.497 e. The van der Waals surface area contributed by atoms with Crippen LogP contribution in [0.15, 0.2) is 72.8 Å². The molecule has 7 nitrogen and oxygen atoms in total. The van der Waals surface area contributed by atoms with Crippen molar-refractivity contribution in [2.45, 2.75) is 36.7 Å². The van der Waals surface area contributed by atoms with Crippen LogP contribution in [0.4, 0.5) is 5.69 Å². The van der Waals surface area contributed by atoms with Crippen molar-refractivity contribution in [2.75, 3.05) is 26.7 Å². The Kier molecular flexibility index (Phi) is 5.77. The van der Waals surface area contributed by atoms with Crippen molar-refractivity contribution in [2.24, 2.45) is 0 Å². The van der Waals surface area contributed by atoms with E-state index in [4.69, 9.17) is 4.74 Å². The number of hydrogen-bond donors (Lipinski definition) is 2. The molecule has 37 heavy (non-hydrogen) atoms. The van der Waals surface area contributed by atoms with Crippen LogP contribution in [0.2, 0.25) is 0 Å². The summed E-state index contributed by atoms with van der Waals surface area (Å²) in [6.45, 7) is 2.22. The molecule has 6 rings (SSSR count). The van der Waals surface area contributed by atoms with E-state index in [2.05, 4.69) is 40.2 Å². The lowest BCUT2D eigenvalue weighted by molar-refractivity contribution is -0.383. The van der Waals surface area contributed by atoms with Crippen LogP contribution >= 0.6 is 0 Å². The number of non-ortho nitro benzene ring substituents is 1. The number of aliphatic hydroxyl groups is 1. The lowest BCUT2D eigenvalue weighted by Crippen LogP contribution is -2.66. The molecular weight excluding hydrogens is 466 g/mol. The number of nitrogens with zero attached hydrogens (tertiary/aromatic N) is 2. The van der Waals surface area contributed by atoms with E-state index < -0.39 is 11.0 Å². The van der Waals surface area contributed by atoms with Gasteiger partial charge in [-0.15, -0.1) is 0 Å². The van der Waals surface area contributed by atoms with Gasteiger partial charge in [0.2, 0.25) is 0 Å². The number of aromatic nitrogens is 1. The van der Waals surface area contributed by atoms with E-state index in [1.165, 1.54) is 5.56 Å². The minimum absolute atomic E-state index is 0.0872. The molecule has 2 atom stereocenters. The number of rotatable bonds is 6. The van der Waals surface area contributed by atoms with E-state index in [0.29, 0.717) is 24.8 Å². The van der Waals surface area contributed by atoms with Crippen LogP contribution in [0.25, 0.3) is 10.9 Å². The summed E-state index contributed by atoms with van der Waals surface area (Å²) < 4.78 is 5.55. The summed E-state index contributed by atoms with van der Waals surface area (Å²) in [7, 11) is 1.66. The standard InChI is InChI=1S/C30H31N3O4/c1-37-23-10-5-9-22(17-23)29-14-16-32(15-13-21-7-3-2-4-8-21)20-30(29,34)18-24-26(19-29)31-25-11-6-12-27(28(24)25)33(35)36/h2-12,17,31,34H,13-16,18-20H2,1H3. The average molecular weight is 498 g/mol. The highest BCUT2D eigenvalue weighted by Crippen LogP contribution is 2.52. The van der Waals surface area contributed by atoms with Gasteiger partial charge in [-0.25, -0.2) is 0 Å². The Bertz CT molecular complexity index is 1470. The van der Waals surface area contributed by atoms with Gasteiger partial charge >= 0.3 is 0 Å². The van der Waals surface area contributed by atoms with Gasteiger partial charge in [-0.3, -0.25) is 10.1 Å². The third-order valence-corrected chi connectivity index (χ3v) is 8.55. The second kappa shape index (κ2) is 9.01. The topological polar surface area (TPSA) is 91.6 Å². The van der Waals surface area contributed by atoms with Crippen molar-refractivity contribution in [3.05, 3.63) is 105 Å². The first-order valence-corrected chi connectivity index (χ1v) is 12.8. The zero-order valence-corrected chi connectivity index (χ0v) is 20.9. The summed E-state index contributed by atoms with van der Waals surface area (Å²) in [6, 6.07) is 23.6. The number of ether oxygens (including phenoxy) is 1. The molecule has 1 saturated heterocycles. The number of methoxy groups -OCH3 is 1. The lowest BCUT2D eigenvalue weighted by Gasteiger charge is -2.56. The SMILES string of the molecule is COc1cccc(C23CCN(CCc4ccccc4)CC2(O)Cc2c([nH]c4cccc([N+](=O)[O-])c24)C3)c1. The van der Waals surface area contributed by atoms with E-state index in [-0.39, 0.29) is 10.6 Å². The zero-order chi connectivity index (χ0) is 25.6. The van der Waals surface area contributed by atoms with Gasteiger partial charge in [0.1, 0.15) is 5.75 Å². The second-order valence-corrected chi connectivity index (χ2v) is 10.5. The van der Waals surface area contributed by atoms with Crippen LogP contribution in [0.5, 0.6) is 5.75 Å². The van der Waals surface area contributed by atoms with Gasteiger partial charge in [0.15, 0.2) is 0 Å². The highest BCUT2D eigenvalue weighted by Gasteiger charge is 2.57. The number of β-amino-alcohol motifs (C(OH)–C–C–N with tert-alkyl or cyclic N) is 1. The molecule has 0 radical (unpaired) electrons. The van der Waals surface area contributed by atoms with Crippen molar-refractivity contribution in [1.29, 1.82) is 0 Å². The summed E-state index contributed by atoms with van der Waals surface area (Å²) >= 11 is 0. The Balaban J connectivity index is 1.43. The second-order valence-electron chi connectivity index (χ2n) is 10.5. The van der Waals surface area contributed by atoms with Crippen LogP contribution < -0.4 is 4.74 Å². The van der Waals surface area contributed by atoms with E-state index >= 15 is 0 Å². The van der Waals surface area contributed by atoms with Crippen LogP contribution in [0.1, 0.15) is 28.8 Å². The molecule has 190 valence electrons. The van der Waals surface area contributed by atoms with E-state index in [1.807, 2.05) is 30.3 Å². The number of nitro benzene ring substituents is 1. The number of fused-ring (bicyclic) bond motifs is 4. The number of likely N-dealkylation sites (tertiary alicyclic amines) is 1. The Labute approximate surface area is 215 Å². The largest absolute Gasteiger partial charge is 0.497 e. The molecule has 4 aromatic rings. The third-order valence-electron chi connectivity index (χ3n) is 8.55. The molecule has 2 unspecified atom stereocenters. The molecule has 1 aromatic heterocycles. The molecule has 0 saturated carbocycles. The predicted octanol–water partition coefficient (Wildman–Crippen LogP) is 4.80. The number of hydrogen-bond acceptors (Lipinski definition) is 5. The van der Waals surface area contributed by atoms with Gasteiger partial charge in [0.05, 0.1) is 28.5 Å². The number of benzene rings is 3. The average Bonchev–Trinajstić information content (AvgIpc) is 3.27. The molecule has 2 heterocycles. The molecule has 3 aromatic carbocycles. The van der Waals surface area contributed by atoms with Gasteiger partial charge < -0.3 is 19.7 Å². The highest BCUT2D eigenvalue weighted by molar-refractivity contribution is 5.93. The minimum atomic E-state index is -1.10. The van der Waals surface area contributed by atoms with Gasteiger partial charge in [0, 0.05) is 43.1 Å². The van der Waals surface area contributed by atoms with Crippen LogP contribution in [-0.4, -0.2) is 52.3 Å². The van der Waals surface area contributed by atoms with E-state index in [9.17, 15) is 15.2 Å². The number of nitro groups is 1. The maximum Gasteiger partial charge on any atom is 0.279 e. The molecule has 2 N–H and O–H groups in total. The Hall–Kier alpha value is -3.68. The monoisotopic (exact) mass is 497 g/mol. The first-order chi connectivity index (χ1) is 17.9. The van der Waals surface area contributed by atoms with Crippen molar-refractivity contribution in [3.63, 3.8) is 0 Å². The molecule has 0 spiro atoms. The number of H-pyrrole nitrogens is 1. The highest BCUT2D eigenvalue weighted by atomic mass is 16.6. The Morgan fingerprint density at radius 3 is 2.68 bits per heavy atom. The first kappa shape index (κ1) is 23.7. The van der Waals surface area contributed by atoms with Crippen molar-refractivity contribution < 1.29 is 14.8 Å². The van der Waals surface area contributed by atoms with Gasteiger partial charge in [0.25, 0.3) is 5.69 Å². The normalized spacial score (nSPS) is 23.4. The Morgan fingerprint density at radius 1 is 1.08 bits per heavy atom. The van der Waals surface area contributed by atoms with Gasteiger partial charge in [-0.05, 0) is 54.3 Å². The van der Waals surface area contributed by atoms with Gasteiger partial charge in [-0.2, -0.15) is 0 Å². The summed E-state index contributed by atoms with van der Waals surface area (Å²) in [4.78, 5) is 17.4. The molecule has 1 aliphatic carbocycles. The van der Waals surface area contributed by atoms with Crippen LogP contribution in [0, 0.1) is 10.1 Å². The van der Waals surface area contributed by atoms with Crippen molar-refractivity contribution in [1.82, 2.24) is 9.88 Å². The smallest absolute Gasteiger partial charge is 0.279 e. The van der Waals surface area contributed by atoms with Crippen molar-refractivity contribution >= 4 is 16.6 Å². The molecule has 0 amide bonds. The number of aromatic amines is 1. The predicted molar refractivity (Wildman–Crippen MR) is 143 cm³/mol. The van der Waals surface area contributed by atoms with Gasteiger partial charge in [-0.1, -0.05) is 48.5 Å². The molecule has 7 heteroatoms. The summed E-state index contributed by atoms with van der Waals surface area (Å²) in [5.74, 6) is 0.763. The molecule has 1 aliphatic heterocycles.